The Morgan fingerprint density at radius 2 is 2.08 bits per heavy atom. The van der Waals surface area contributed by atoms with E-state index < -0.39 is 11.6 Å². The van der Waals surface area contributed by atoms with E-state index in [0.717, 1.165) is 11.1 Å². The second kappa shape index (κ2) is 4.00. The van der Waals surface area contributed by atoms with Crippen LogP contribution in [-0.2, 0) is 6.54 Å². The highest BCUT2D eigenvalue weighted by molar-refractivity contribution is 6.30. The summed E-state index contributed by atoms with van der Waals surface area (Å²) in [6.07, 6.45) is 0. The largest absolute Gasteiger partial charge is 0.314 e. The summed E-state index contributed by atoms with van der Waals surface area (Å²) < 4.78 is 25.7. The lowest BCUT2D eigenvalue weighted by atomic mass is 10.2. The zero-order chi connectivity index (χ0) is 10.0. The van der Waals surface area contributed by atoms with Crippen molar-refractivity contribution >= 4 is 11.6 Å². The van der Waals surface area contributed by atoms with Gasteiger partial charge in [-0.2, -0.15) is 5.06 Å². The van der Waals surface area contributed by atoms with Gasteiger partial charge in [-0.1, -0.05) is 11.6 Å². The molecular weight excluding hydrogens is 200 g/mol. The number of halogens is 3. The van der Waals surface area contributed by atoms with Gasteiger partial charge in [0.05, 0.1) is 6.54 Å². The maximum absolute atomic E-state index is 13.0. The minimum atomic E-state index is -1.01. The van der Waals surface area contributed by atoms with Gasteiger partial charge in [0, 0.05) is 17.6 Å². The van der Waals surface area contributed by atoms with Gasteiger partial charge in [-0.05, 0) is 12.1 Å². The first-order chi connectivity index (χ1) is 6.00. The van der Waals surface area contributed by atoms with Crippen molar-refractivity contribution in [1.82, 2.24) is 5.06 Å². The van der Waals surface area contributed by atoms with E-state index in [2.05, 4.69) is 0 Å². The fourth-order valence-corrected chi connectivity index (χ4v) is 1.20. The molecule has 0 aromatic heterocycles. The number of rotatable bonds is 2. The molecule has 72 valence electrons. The summed E-state index contributed by atoms with van der Waals surface area (Å²) in [7, 11) is 1.33. The van der Waals surface area contributed by atoms with Crippen molar-refractivity contribution in [1.29, 1.82) is 0 Å². The molecule has 2 nitrogen and oxygen atoms in total. The first-order valence-electron chi connectivity index (χ1n) is 3.54. The van der Waals surface area contributed by atoms with Gasteiger partial charge in [-0.3, -0.25) is 0 Å². The summed E-state index contributed by atoms with van der Waals surface area (Å²) in [4.78, 5) is 0. The average molecular weight is 208 g/mol. The fraction of sp³-hybridized carbons (Fsp3) is 0.250. The Bertz CT molecular complexity index is 317. The lowest BCUT2D eigenvalue weighted by Gasteiger charge is -2.09. The van der Waals surface area contributed by atoms with E-state index in [1.54, 1.807) is 0 Å². The fourth-order valence-electron chi connectivity index (χ4n) is 0.971. The number of hydrogen-bond acceptors (Lipinski definition) is 2. The Balaban J connectivity index is 3.05. The molecule has 0 aliphatic heterocycles. The minimum absolute atomic E-state index is 0.0231. The van der Waals surface area contributed by atoms with E-state index in [0.29, 0.717) is 0 Å². The van der Waals surface area contributed by atoms with Crippen molar-refractivity contribution in [2.45, 2.75) is 6.54 Å². The predicted molar refractivity (Wildman–Crippen MR) is 44.6 cm³/mol. The van der Waals surface area contributed by atoms with E-state index in [4.69, 9.17) is 16.8 Å². The van der Waals surface area contributed by atoms with E-state index in [9.17, 15) is 8.78 Å². The molecule has 1 N–H and O–H groups in total. The Hall–Kier alpha value is -0.710. The molecule has 0 saturated heterocycles. The highest BCUT2D eigenvalue weighted by Gasteiger charge is 2.10. The van der Waals surface area contributed by atoms with E-state index in [-0.39, 0.29) is 17.1 Å². The summed E-state index contributed by atoms with van der Waals surface area (Å²) >= 11 is 5.50. The Labute approximate surface area is 79.3 Å². The van der Waals surface area contributed by atoms with Crippen molar-refractivity contribution in [2.24, 2.45) is 0 Å². The van der Waals surface area contributed by atoms with Crippen LogP contribution >= 0.6 is 11.6 Å². The molecule has 0 aliphatic carbocycles. The predicted octanol–water partition coefficient (Wildman–Crippen LogP) is 2.44. The van der Waals surface area contributed by atoms with Gasteiger partial charge >= 0.3 is 0 Å². The van der Waals surface area contributed by atoms with Crippen LogP contribution in [0.4, 0.5) is 8.78 Å². The number of hydrogen-bond donors (Lipinski definition) is 1. The molecule has 0 aliphatic rings. The standard InChI is InChI=1S/C8H8ClF2NO/c1-12(13)4-5-2-6(9)3-7(10)8(5)11/h2-3,13H,4H2,1H3. The van der Waals surface area contributed by atoms with Crippen LogP contribution in [0, 0.1) is 11.6 Å². The second-order valence-corrected chi connectivity index (χ2v) is 3.11. The van der Waals surface area contributed by atoms with Crippen LogP contribution in [0.25, 0.3) is 0 Å². The molecule has 0 unspecified atom stereocenters. The topological polar surface area (TPSA) is 23.5 Å². The molecule has 0 radical (unpaired) electrons. The molecule has 0 bridgehead atoms. The quantitative estimate of drug-likeness (QED) is 0.595. The number of hydroxylamine groups is 2. The van der Waals surface area contributed by atoms with E-state index in [1.165, 1.54) is 13.1 Å². The minimum Gasteiger partial charge on any atom is -0.314 e. The molecule has 0 saturated carbocycles. The van der Waals surface area contributed by atoms with Crippen LogP contribution in [0.5, 0.6) is 0 Å². The Morgan fingerprint density at radius 3 is 2.62 bits per heavy atom. The molecule has 0 heterocycles. The normalized spacial score (nSPS) is 10.9. The smallest absolute Gasteiger partial charge is 0.163 e. The zero-order valence-corrected chi connectivity index (χ0v) is 7.65. The van der Waals surface area contributed by atoms with Gasteiger partial charge in [-0.15, -0.1) is 0 Å². The summed E-state index contributed by atoms with van der Waals surface area (Å²) in [5.74, 6) is -1.99. The molecule has 0 spiro atoms. The van der Waals surface area contributed by atoms with Crippen LogP contribution < -0.4 is 0 Å². The van der Waals surface area contributed by atoms with Crippen LogP contribution in [0.3, 0.4) is 0 Å². The van der Waals surface area contributed by atoms with Crippen molar-refractivity contribution in [3.05, 3.63) is 34.4 Å². The maximum Gasteiger partial charge on any atom is 0.163 e. The molecule has 1 aromatic carbocycles. The molecule has 13 heavy (non-hydrogen) atoms. The third-order valence-electron chi connectivity index (χ3n) is 1.47. The van der Waals surface area contributed by atoms with Crippen molar-refractivity contribution in [3.8, 4) is 0 Å². The lowest BCUT2D eigenvalue weighted by Crippen LogP contribution is -2.13. The van der Waals surface area contributed by atoms with Gasteiger partial charge in [-0.25, -0.2) is 8.78 Å². The van der Waals surface area contributed by atoms with Crippen molar-refractivity contribution < 1.29 is 14.0 Å². The first kappa shape index (κ1) is 10.4. The van der Waals surface area contributed by atoms with Gasteiger partial charge in [0.1, 0.15) is 0 Å². The van der Waals surface area contributed by atoms with Crippen LogP contribution in [0.15, 0.2) is 12.1 Å². The molecular formula is C8H8ClF2NO. The summed E-state index contributed by atoms with van der Waals surface area (Å²) in [5, 5.41) is 9.66. The molecule has 1 rings (SSSR count). The van der Waals surface area contributed by atoms with Gasteiger partial charge in [0.2, 0.25) is 0 Å². The molecule has 5 heteroatoms. The number of benzene rings is 1. The molecule has 0 fully saturated rings. The summed E-state index contributed by atoms with van der Waals surface area (Å²) in [5.41, 5.74) is 0.0231. The van der Waals surface area contributed by atoms with Crippen molar-refractivity contribution in [2.75, 3.05) is 7.05 Å². The van der Waals surface area contributed by atoms with E-state index >= 15 is 0 Å². The van der Waals surface area contributed by atoms with Gasteiger partial charge in [0.15, 0.2) is 11.6 Å². The molecule has 1 aromatic rings. The zero-order valence-electron chi connectivity index (χ0n) is 6.89. The highest BCUT2D eigenvalue weighted by Crippen LogP contribution is 2.19. The third-order valence-corrected chi connectivity index (χ3v) is 1.69. The number of nitrogens with zero attached hydrogens (tertiary/aromatic N) is 1. The molecule has 0 amide bonds. The monoisotopic (exact) mass is 207 g/mol. The second-order valence-electron chi connectivity index (χ2n) is 2.68. The third kappa shape index (κ3) is 2.62. The SMILES string of the molecule is CN(O)Cc1cc(Cl)cc(F)c1F. The van der Waals surface area contributed by atoms with Crippen LogP contribution in [0.2, 0.25) is 5.02 Å². The average Bonchev–Trinajstić information content (AvgIpc) is 1.98. The molecule has 0 atom stereocenters. The highest BCUT2D eigenvalue weighted by atomic mass is 35.5. The van der Waals surface area contributed by atoms with E-state index in [1.807, 2.05) is 0 Å². The maximum atomic E-state index is 13.0. The summed E-state index contributed by atoms with van der Waals surface area (Å²) in [6, 6.07) is 2.16. The Kier molecular flexibility index (Phi) is 3.19. The van der Waals surface area contributed by atoms with Gasteiger partial charge < -0.3 is 5.21 Å². The lowest BCUT2D eigenvalue weighted by molar-refractivity contribution is -0.0739. The van der Waals surface area contributed by atoms with Crippen LogP contribution in [0.1, 0.15) is 5.56 Å². The Morgan fingerprint density at radius 1 is 1.46 bits per heavy atom. The summed E-state index contributed by atoms with van der Waals surface area (Å²) in [6.45, 7) is -0.108. The van der Waals surface area contributed by atoms with Gasteiger partial charge in [0.25, 0.3) is 0 Å². The van der Waals surface area contributed by atoms with Crippen molar-refractivity contribution in [3.63, 3.8) is 0 Å². The van der Waals surface area contributed by atoms with Crippen LogP contribution in [-0.4, -0.2) is 17.3 Å². The first-order valence-corrected chi connectivity index (χ1v) is 3.92.